The van der Waals surface area contributed by atoms with Crippen LogP contribution in [0.1, 0.15) is 18.4 Å². The Hall–Kier alpha value is -2.64. The van der Waals surface area contributed by atoms with Crippen molar-refractivity contribution in [3.63, 3.8) is 0 Å². The third kappa shape index (κ3) is 3.89. The van der Waals surface area contributed by atoms with Gasteiger partial charge in [0.2, 0.25) is 6.41 Å². The Labute approximate surface area is 149 Å². The molecular formula is C21H23N3O. The molecule has 1 saturated heterocycles. The number of anilines is 1. The van der Waals surface area contributed by atoms with Crippen molar-refractivity contribution in [2.24, 2.45) is 0 Å². The Bertz CT molecular complexity index is 716. The van der Waals surface area contributed by atoms with E-state index in [2.05, 4.69) is 35.2 Å². The van der Waals surface area contributed by atoms with E-state index in [1.807, 2.05) is 36.4 Å². The van der Waals surface area contributed by atoms with E-state index < -0.39 is 5.54 Å². The van der Waals surface area contributed by atoms with Crippen LogP contribution in [0.15, 0.2) is 60.7 Å². The Kier molecular flexibility index (Phi) is 5.47. The predicted octanol–water partition coefficient (Wildman–Crippen LogP) is 3.25. The van der Waals surface area contributed by atoms with E-state index in [4.69, 9.17) is 0 Å². The molecule has 2 aromatic carbocycles. The Balaban J connectivity index is 1.64. The molecule has 3 rings (SSSR count). The molecular weight excluding hydrogens is 310 g/mol. The lowest BCUT2D eigenvalue weighted by atomic mass is 9.86. The molecule has 0 saturated carbocycles. The van der Waals surface area contributed by atoms with Gasteiger partial charge in [0.15, 0.2) is 0 Å². The molecule has 0 aliphatic carbocycles. The standard InChI is InChI=1S/C21H23N3O/c22-17-21(24(18-25)20-9-5-2-6-10-20)12-15-23(16-13-21)14-11-19-7-3-1-4-8-19/h1-10,18H,11-16H2. The number of likely N-dealkylation sites (tertiary alicyclic amines) is 1. The Morgan fingerprint density at radius 2 is 1.64 bits per heavy atom. The highest BCUT2D eigenvalue weighted by atomic mass is 16.1. The second-order valence-electron chi connectivity index (χ2n) is 6.53. The van der Waals surface area contributed by atoms with Gasteiger partial charge in [-0.2, -0.15) is 5.26 Å². The second kappa shape index (κ2) is 7.96. The van der Waals surface area contributed by atoms with Crippen LogP contribution in [0.2, 0.25) is 0 Å². The number of piperidine rings is 1. The van der Waals surface area contributed by atoms with Gasteiger partial charge in [-0.05, 0) is 37.0 Å². The minimum Gasteiger partial charge on any atom is -0.303 e. The number of nitriles is 1. The first-order chi connectivity index (χ1) is 12.3. The van der Waals surface area contributed by atoms with Crippen molar-refractivity contribution in [1.29, 1.82) is 5.26 Å². The van der Waals surface area contributed by atoms with Crippen LogP contribution in [-0.4, -0.2) is 36.5 Å². The van der Waals surface area contributed by atoms with Gasteiger partial charge in [0, 0.05) is 25.3 Å². The lowest BCUT2D eigenvalue weighted by Crippen LogP contribution is -2.54. The molecule has 1 heterocycles. The monoisotopic (exact) mass is 333 g/mol. The van der Waals surface area contributed by atoms with Gasteiger partial charge in [-0.25, -0.2) is 0 Å². The van der Waals surface area contributed by atoms with Gasteiger partial charge in [-0.15, -0.1) is 0 Å². The number of para-hydroxylation sites is 1. The summed E-state index contributed by atoms with van der Waals surface area (Å²) >= 11 is 0. The molecule has 0 spiro atoms. The minimum atomic E-state index is -0.744. The summed E-state index contributed by atoms with van der Waals surface area (Å²) in [5.41, 5.74) is 1.38. The highest BCUT2D eigenvalue weighted by Gasteiger charge is 2.40. The van der Waals surface area contributed by atoms with Gasteiger partial charge < -0.3 is 4.90 Å². The smallest absolute Gasteiger partial charge is 0.215 e. The first-order valence-corrected chi connectivity index (χ1v) is 8.75. The van der Waals surface area contributed by atoms with Crippen molar-refractivity contribution in [2.75, 3.05) is 24.5 Å². The molecule has 128 valence electrons. The molecule has 0 atom stereocenters. The number of hydrogen-bond donors (Lipinski definition) is 0. The first kappa shape index (κ1) is 17.2. The van der Waals surface area contributed by atoms with E-state index in [1.54, 1.807) is 4.90 Å². The summed E-state index contributed by atoms with van der Waals surface area (Å²) in [6, 6.07) is 22.4. The van der Waals surface area contributed by atoms with Crippen molar-refractivity contribution in [1.82, 2.24) is 4.90 Å². The molecule has 2 aromatic rings. The van der Waals surface area contributed by atoms with E-state index in [0.29, 0.717) is 12.8 Å². The van der Waals surface area contributed by atoms with Crippen LogP contribution in [0.5, 0.6) is 0 Å². The molecule has 1 amide bonds. The number of rotatable bonds is 6. The predicted molar refractivity (Wildman–Crippen MR) is 99.1 cm³/mol. The topological polar surface area (TPSA) is 47.3 Å². The molecule has 25 heavy (non-hydrogen) atoms. The average molecular weight is 333 g/mol. The SMILES string of the molecule is N#CC1(N(C=O)c2ccccc2)CCN(CCc2ccccc2)CC1. The number of benzene rings is 2. The summed E-state index contributed by atoms with van der Waals surface area (Å²) in [5, 5.41) is 9.83. The lowest BCUT2D eigenvalue weighted by Gasteiger charge is -2.42. The van der Waals surface area contributed by atoms with E-state index in [-0.39, 0.29) is 0 Å². The molecule has 0 bridgehead atoms. The second-order valence-corrected chi connectivity index (χ2v) is 6.53. The number of carbonyl (C=O) groups excluding carboxylic acids is 1. The number of carbonyl (C=O) groups is 1. The zero-order valence-corrected chi connectivity index (χ0v) is 14.3. The maximum absolute atomic E-state index is 11.7. The van der Waals surface area contributed by atoms with Crippen molar-refractivity contribution in [3.8, 4) is 6.07 Å². The summed E-state index contributed by atoms with van der Waals surface area (Å²) in [5.74, 6) is 0. The summed E-state index contributed by atoms with van der Waals surface area (Å²) in [6.45, 7) is 2.65. The Morgan fingerprint density at radius 3 is 2.20 bits per heavy atom. The lowest BCUT2D eigenvalue weighted by molar-refractivity contribution is -0.108. The summed E-state index contributed by atoms with van der Waals surface area (Å²) in [4.78, 5) is 15.7. The van der Waals surface area contributed by atoms with Crippen LogP contribution in [-0.2, 0) is 11.2 Å². The van der Waals surface area contributed by atoms with Crippen molar-refractivity contribution in [2.45, 2.75) is 24.8 Å². The van der Waals surface area contributed by atoms with Crippen molar-refractivity contribution in [3.05, 3.63) is 66.2 Å². The van der Waals surface area contributed by atoms with E-state index >= 15 is 0 Å². The minimum absolute atomic E-state index is 0.673. The average Bonchev–Trinajstić information content (AvgIpc) is 2.69. The van der Waals surface area contributed by atoms with Gasteiger partial charge in [0.05, 0.1) is 6.07 Å². The van der Waals surface area contributed by atoms with Crippen LogP contribution in [0.3, 0.4) is 0 Å². The third-order valence-electron chi connectivity index (χ3n) is 5.05. The van der Waals surface area contributed by atoms with Gasteiger partial charge in [0.1, 0.15) is 5.54 Å². The highest BCUT2D eigenvalue weighted by Crippen LogP contribution is 2.31. The fraction of sp³-hybridized carbons (Fsp3) is 0.333. The number of hydrogen-bond acceptors (Lipinski definition) is 3. The van der Waals surface area contributed by atoms with Gasteiger partial charge in [-0.1, -0.05) is 48.5 Å². The summed E-state index contributed by atoms with van der Waals surface area (Å²) in [7, 11) is 0. The maximum Gasteiger partial charge on any atom is 0.215 e. The molecule has 4 heteroatoms. The van der Waals surface area contributed by atoms with E-state index in [9.17, 15) is 10.1 Å². The van der Waals surface area contributed by atoms with Crippen LogP contribution >= 0.6 is 0 Å². The Morgan fingerprint density at radius 1 is 1.04 bits per heavy atom. The van der Waals surface area contributed by atoms with Crippen LogP contribution in [0.4, 0.5) is 5.69 Å². The fourth-order valence-electron chi connectivity index (χ4n) is 3.48. The highest BCUT2D eigenvalue weighted by molar-refractivity contribution is 5.78. The van der Waals surface area contributed by atoms with E-state index in [1.165, 1.54) is 5.56 Å². The molecule has 1 aliphatic rings. The molecule has 1 aliphatic heterocycles. The first-order valence-electron chi connectivity index (χ1n) is 8.75. The number of nitrogens with zero attached hydrogens (tertiary/aromatic N) is 3. The van der Waals surface area contributed by atoms with Crippen LogP contribution in [0.25, 0.3) is 0 Å². The largest absolute Gasteiger partial charge is 0.303 e. The quantitative estimate of drug-likeness (QED) is 0.763. The molecule has 4 nitrogen and oxygen atoms in total. The summed E-state index contributed by atoms with van der Waals surface area (Å²) < 4.78 is 0. The normalized spacial score (nSPS) is 16.8. The third-order valence-corrected chi connectivity index (χ3v) is 5.05. The summed E-state index contributed by atoms with van der Waals surface area (Å²) in [6.07, 6.45) is 3.16. The van der Waals surface area contributed by atoms with Crippen molar-refractivity contribution >= 4 is 12.1 Å². The zero-order valence-electron chi connectivity index (χ0n) is 14.3. The zero-order chi connectivity index (χ0) is 17.5. The van der Waals surface area contributed by atoms with Crippen LogP contribution in [0, 0.1) is 11.3 Å². The van der Waals surface area contributed by atoms with E-state index in [0.717, 1.165) is 38.2 Å². The number of amides is 1. The van der Waals surface area contributed by atoms with Gasteiger partial charge >= 0.3 is 0 Å². The molecule has 1 fully saturated rings. The van der Waals surface area contributed by atoms with Crippen molar-refractivity contribution < 1.29 is 4.79 Å². The van der Waals surface area contributed by atoms with Crippen LogP contribution < -0.4 is 4.90 Å². The fourth-order valence-corrected chi connectivity index (χ4v) is 3.48. The molecule has 0 N–H and O–H groups in total. The van der Waals surface area contributed by atoms with Gasteiger partial charge in [0.25, 0.3) is 0 Å². The maximum atomic E-state index is 11.7. The molecule has 0 unspecified atom stereocenters. The molecule has 0 radical (unpaired) electrons. The van der Waals surface area contributed by atoms with Gasteiger partial charge in [-0.3, -0.25) is 9.69 Å². The molecule has 0 aromatic heterocycles.